The van der Waals surface area contributed by atoms with Crippen molar-refractivity contribution in [3.8, 4) is 0 Å². The largest absolute Gasteiger partial charge is 0.477 e. The number of carbonyl (C=O) groups excluding carboxylic acids is 2. The van der Waals surface area contributed by atoms with Crippen molar-refractivity contribution in [3.05, 3.63) is 77.8 Å². The third kappa shape index (κ3) is 3.74. The van der Waals surface area contributed by atoms with E-state index in [2.05, 4.69) is 5.32 Å². The van der Waals surface area contributed by atoms with Crippen molar-refractivity contribution < 1.29 is 28.8 Å². The Morgan fingerprint density at radius 1 is 1.14 bits per heavy atom. The summed E-state index contributed by atoms with van der Waals surface area (Å²) < 4.78 is 7.54. The normalized spacial score (nSPS) is 20.7. The summed E-state index contributed by atoms with van der Waals surface area (Å²) >= 11 is 0. The van der Waals surface area contributed by atoms with Gasteiger partial charge in [-0.3, -0.25) is 14.5 Å². The monoisotopic (exact) mass is 394 g/mol. The quantitative estimate of drug-likeness (QED) is 0.540. The summed E-state index contributed by atoms with van der Waals surface area (Å²) in [6, 6.07) is 13.8. The number of hydrogen-bond acceptors (Lipinski definition) is 4. The number of aliphatic carboxylic acids is 1. The maximum absolute atomic E-state index is 12.6. The van der Waals surface area contributed by atoms with Crippen molar-refractivity contribution in [2.75, 3.05) is 6.61 Å². The molecule has 1 aromatic heterocycles. The molecular formula is C21H20N3O5+. The Labute approximate surface area is 167 Å². The van der Waals surface area contributed by atoms with E-state index < -0.39 is 24.1 Å². The number of carbonyl (C=O) groups is 3. The molecule has 2 aliphatic rings. The number of nitrogens with one attached hydrogen (secondary N) is 1. The summed E-state index contributed by atoms with van der Waals surface area (Å²) in [5.74, 6) is -1.99. The highest BCUT2D eigenvalue weighted by Gasteiger charge is 2.55. The molecule has 4 rings (SSSR count). The fraction of sp³-hybridized carbons (Fsp3) is 0.238. The smallest absolute Gasteiger partial charge is 0.352 e. The first-order valence-electron chi connectivity index (χ1n) is 9.22. The van der Waals surface area contributed by atoms with Crippen LogP contribution in [0.25, 0.3) is 0 Å². The molecule has 3 heterocycles. The summed E-state index contributed by atoms with van der Waals surface area (Å²) in [5.41, 5.74) is 1.25. The maximum Gasteiger partial charge on any atom is 0.352 e. The average Bonchev–Trinajstić information content (AvgIpc) is 2.73. The molecule has 1 saturated heterocycles. The summed E-state index contributed by atoms with van der Waals surface area (Å²) in [7, 11) is 0. The molecule has 2 aliphatic heterocycles. The molecule has 1 aromatic carbocycles. The molecule has 0 aliphatic carbocycles. The summed E-state index contributed by atoms with van der Waals surface area (Å²) in [4.78, 5) is 37.9. The SMILES string of the molecule is O=C(Cc1ccccc1)N[C@@H]1C(=O)N2C(C(=O)O)=C(C[n+]3ccccc3)CO[C@H]12. The summed E-state index contributed by atoms with van der Waals surface area (Å²) in [6.45, 7) is 0.368. The summed E-state index contributed by atoms with van der Waals surface area (Å²) in [5, 5.41) is 12.3. The highest BCUT2D eigenvalue weighted by atomic mass is 16.5. The van der Waals surface area contributed by atoms with Crippen LogP contribution < -0.4 is 9.88 Å². The lowest BCUT2D eigenvalue weighted by Gasteiger charge is -2.49. The Bertz CT molecular complexity index is 974. The zero-order valence-electron chi connectivity index (χ0n) is 15.5. The molecule has 29 heavy (non-hydrogen) atoms. The fourth-order valence-electron chi connectivity index (χ4n) is 3.57. The second-order valence-electron chi connectivity index (χ2n) is 6.92. The van der Waals surface area contributed by atoms with Gasteiger partial charge in [0.2, 0.25) is 5.91 Å². The molecular weight excluding hydrogens is 374 g/mol. The standard InChI is InChI=1S/C21H19N3O5/c25-16(11-14-7-3-1-4-8-14)22-17-19(26)24-18(21(27)28)15(13-29-20(17)24)12-23-9-5-2-6-10-23/h1-10,17,20H,11-13H2,(H-,22,25,27,28)/p+1/t17-,20-/m1/s1. The minimum Gasteiger partial charge on any atom is -0.477 e. The molecule has 0 spiro atoms. The van der Waals surface area contributed by atoms with Crippen LogP contribution in [-0.2, 0) is 32.1 Å². The van der Waals surface area contributed by atoms with E-state index in [0.29, 0.717) is 12.1 Å². The second kappa shape index (κ2) is 7.84. The van der Waals surface area contributed by atoms with Crippen molar-refractivity contribution in [3.63, 3.8) is 0 Å². The first-order chi connectivity index (χ1) is 14.0. The Morgan fingerprint density at radius 3 is 2.52 bits per heavy atom. The number of amides is 2. The fourth-order valence-corrected chi connectivity index (χ4v) is 3.57. The van der Waals surface area contributed by atoms with E-state index in [4.69, 9.17) is 4.74 Å². The van der Waals surface area contributed by atoms with E-state index in [1.54, 1.807) is 0 Å². The van der Waals surface area contributed by atoms with Crippen molar-refractivity contribution in [2.45, 2.75) is 25.2 Å². The molecule has 0 unspecified atom stereocenters. The number of nitrogens with zero attached hydrogens (tertiary/aromatic N) is 2. The third-order valence-electron chi connectivity index (χ3n) is 4.92. The van der Waals surface area contributed by atoms with Crippen molar-refractivity contribution >= 4 is 17.8 Å². The van der Waals surface area contributed by atoms with Gasteiger partial charge in [0.1, 0.15) is 5.70 Å². The lowest BCUT2D eigenvalue weighted by atomic mass is 9.98. The number of hydrogen-bond donors (Lipinski definition) is 2. The van der Waals surface area contributed by atoms with Crippen LogP contribution in [0.3, 0.4) is 0 Å². The highest BCUT2D eigenvalue weighted by molar-refractivity contribution is 6.01. The van der Waals surface area contributed by atoms with Crippen LogP contribution in [0.4, 0.5) is 0 Å². The van der Waals surface area contributed by atoms with Crippen LogP contribution in [0, 0.1) is 0 Å². The number of carboxylic acid groups (broad SMARTS) is 1. The van der Waals surface area contributed by atoms with Crippen LogP contribution in [0.1, 0.15) is 5.56 Å². The first-order valence-corrected chi connectivity index (χ1v) is 9.22. The van der Waals surface area contributed by atoms with Crippen LogP contribution in [-0.4, -0.2) is 46.7 Å². The molecule has 2 N–H and O–H groups in total. The predicted octanol–water partition coefficient (Wildman–Crippen LogP) is 0.239. The Balaban J connectivity index is 1.48. The molecule has 1 fully saturated rings. The number of rotatable bonds is 6. The minimum atomic E-state index is -1.19. The minimum absolute atomic E-state index is 0.0725. The number of β-lactam (4-membered cyclic amide) rings is 1. The van der Waals surface area contributed by atoms with Gasteiger partial charge in [0.15, 0.2) is 31.2 Å². The van der Waals surface area contributed by atoms with E-state index in [0.717, 1.165) is 10.5 Å². The van der Waals surface area contributed by atoms with Gasteiger partial charge in [-0.1, -0.05) is 36.4 Å². The van der Waals surface area contributed by atoms with Crippen molar-refractivity contribution in [1.82, 2.24) is 10.2 Å². The topological polar surface area (TPSA) is 99.8 Å². The van der Waals surface area contributed by atoms with Gasteiger partial charge in [0.05, 0.1) is 18.6 Å². The Hall–Kier alpha value is -3.52. The molecule has 8 nitrogen and oxygen atoms in total. The van der Waals surface area contributed by atoms with Gasteiger partial charge < -0.3 is 15.2 Å². The number of pyridine rings is 1. The molecule has 2 aromatic rings. The van der Waals surface area contributed by atoms with E-state index in [-0.39, 0.29) is 24.6 Å². The van der Waals surface area contributed by atoms with Crippen LogP contribution in [0.15, 0.2) is 72.2 Å². The van der Waals surface area contributed by atoms with Gasteiger partial charge in [-0.15, -0.1) is 0 Å². The van der Waals surface area contributed by atoms with Crippen LogP contribution in [0.2, 0.25) is 0 Å². The average molecular weight is 394 g/mol. The Kier molecular flexibility index (Phi) is 5.09. The van der Waals surface area contributed by atoms with Gasteiger partial charge in [0, 0.05) is 12.1 Å². The second-order valence-corrected chi connectivity index (χ2v) is 6.92. The zero-order chi connectivity index (χ0) is 20.4. The molecule has 0 bridgehead atoms. The van der Waals surface area contributed by atoms with Gasteiger partial charge >= 0.3 is 5.97 Å². The number of carboxylic acids is 1. The molecule has 2 amide bonds. The van der Waals surface area contributed by atoms with E-state index in [9.17, 15) is 19.5 Å². The molecule has 148 valence electrons. The van der Waals surface area contributed by atoms with Crippen LogP contribution >= 0.6 is 0 Å². The lowest BCUT2D eigenvalue weighted by Crippen LogP contribution is -2.73. The van der Waals surface area contributed by atoms with Gasteiger partial charge in [-0.05, 0) is 5.56 Å². The number of fused-ring (bicyclic) bond motifs is 1. The maximum atomic E-state index is 12.6. The molecule has 8 heteroatoms. The first kappa shape index (κ1) is 18.8. The van der Waals surface area contributed by atoms with E-state index in [1.807, 2.05) is 65.5 Å². The number of aromatic nitrogens is 1. The Morgan fingerprint density at radius 2 is 1.83 bits per heavy atom. The highest BCUT2D eigenvalue weighted by Crippen LogP contribution is 2.33. The van der Waals surface area contributed by atoms with E-state index >= 15 is 0 Å². The van der Waals surface area contributed by atoms with Crippen molar-refractivity contribution in [2.24, 2.45) is 0 Å². The number of benzene rings is 1. The van der Waals surface area contributed by atoms with Gasteiger partial charge in [-0.2, -0.15) is 0 Å². The molecule has 2 atom stereocenters. The molecule has 0 saturated carbocycles. The van der Waals surface area contributed by atoms with E-state index in [1.165, 1.54) is 0 Å². The van der Waals surface area contributed by atoms with Gasteiger partial charge in [-0.25, -0.2) is 9.36 Å². The molecule has 0 radical (unpaired) electrons. The number of ether oxygens (including phenoxy) is 1. The van der Waals surface area contributed by atoms with Crippen molar-refractivity contribution in [1.29, 1.82) is 0 Å². The predicted molar refractivity (Wildman–Crippen MR) is 100.0 cm³/mol. The van der Waals surface area contributed by atoms with Gasteiger partial charge in [0.25, 0.3) is 5.91 Å². The zero-order valence-corrected chi connectivity index (χ0v) is 15.5. The third-order valence-corrected chi connectivity index (χ3v) is 4.92. The van der Waals surface area contributed by atoms with Crippen LogP contribution in [0.5, 0.6) is 0 Å². The summed E-state index contributed by atoms with van der Waals surface area (Å²) in [6.07, 6.45) is 2.94. The lowest BCUT2D eigenvalue weighted by molar-refractivity contribution is -0.689.